The van der Waals surface area contributed by atoms with E-state index in [0.717, 1.165) is 20.9 Å². The lowest BCUT2D eigenvalue weighted by Gasteiger charge is -2.06. The number of hydrogen-bond acceptors (Lipinski definition) is 6. The number of carbonyl (C=O) groups excluding carboxylic acids is 1. The lowest BCUT2D eigenvalue weighted by atomic mass is 10.1. The Morgan fingerprint density at radius 1 is 1.24 bits per heavy atom. The molecule has 0 aliphatic rings. The molecule has 0 saturated heterocycles. The topological polar surface area (TPSA) is 106 Å². The maximum Gasteiger partial charge on any atom is 0.270 e. The fourth-order valence-corrected chi connectivity index (χ4v) is 5.43. The second kappa shape index (κ2) is 7.37. The van der Waals surface area contributed by atoms with Gasteiger partial charge in [-0.2, -0.15) is 5.26 Å². The van der Waals surface area contributed by atoms with Crippen molar-refractivity contribution in [2.24, 2.45) is 0 Å². The maximum atomic E-state index is 11.9. The van der Waals surface area contributed by atoms with Crippen molar-refractivity contribution in [3.8, 4) is 32.7 Å². The largest absolute Gasteiger partial charge is 0.506 e. The summed E-state index contributed by atoms with van der Waals surface area (Å²) < 4.78 is 0. The molecule has 0 spiro atoms. The van der Waals surface area contributed by atoms with Gasteiger partial charge in [-0.1, -0.05) is 11.6 Å². The summed E-state index contributed by atoms with van der Waals surface area (Å²) in [6, 6.07) is 10.9. The zero-order valence-electron chi connectivity index (χ0n) is 14.9. The van der Waals surface area contributed by atoms with Crippen LogP contribution >= 0.6 is 34.3 Å². The molecular weight excluding hydrogens is 430 g/mol. The summed E-state index contributed by atoms with van der Waals surface area (Å²) in [5.74, 6) is -0.485. The van der Waals surface area contributed by atoms with Crippen molar-refractivity contribution in [1.82, 2.24) is 4.98 Å². The van der Waals surface area contributed by atoms with Gasteiger partial charge in [-0.05, 0) is 30.3 Å². The minimum atomic E-state index is -0.608. The van der Waals surface area contributed by atoms with E-state index in [1.807, 2.05) is 23.6 Å². The number of hydrogen-bond donors (Lipinski definition) is 3. The van der Waals surface area contributed by atoms with E-state index >= 15 is 0 Å². The number of rotatable bonds is 3. The van der Waals surface area contributed by atoms with Gasteiger partial charge in [0.05, 0.1) is 10.4 Å². The fourth-order valence-electron chi connectivity index (χ4n) is 2.99. The molecule has 1 amide bonds. The van der Waals surface area contributed by atoms with Crippen molar-refractivity contribution in [2.45, 2.75) is 6.92 Å². The number of aromatic hydroxyl groups is 1. The number of amides is 1. The molecule has 29 heavy (non-hydrogen) atoms. The van der Waals surface area contributed by atoms with E-state index in [2.05, 4.69) is 10.3 Å². The van der Waals surface area contributed by atoms with Gasteiger partial charge in [-0.15, -0.1) is 22.7 Å². The second-order valence-electron chi connectivity index (χ2n) is 6.18. The molecule has 0 unspecified atom stereocenters. The summed E-state index contributed by atoms with van der Waals surface area (Å²) in [5, 5.41) is 25.1. The third kappa shape index (κ3) is 3.40. The predicted octanol–water partition coefficient (Wildman–Crippen LogP) is 5.17. The highest BCUT2D eigenvalue weighted by Gasteiger charge is 2.19. The van der Waals surface area contributed by atoms with Crippen LogP contribution in [0.25, 0.3) is 31.1 Å². The van der Waals surface area contributed by atoms with Crippen LogP contribution in [0.4, 0.5) is 5.69 Å². The maximum absolute atomic E-state index is 11.9. The van der Waals surface area contributed by atoms with Gasteiger partial charge in [-0.25, -0.2) is 0 Å². The molecule has 4 aromatic rings. The van der Waals surface area contributed by atoms with E-state index in [4.69, 9.17) is 16.9 Å². The monoisotopic (exact) mass is 441 g/mol. The van der Waals surface area contributed by atoms with Gasteiger partial charge in [0.25, 0.3) is 5.56 Å². The van der Waals surface area contributed by atoms with Gasteiger partial charge < -0.3 is 15.4 Å². The highest BCUT2D eigenvalue weighted by molar-refractivity contribution is 7.20. The number of nitriles is 1. The molecule has 0 aliphatic carbocycles. The molecule has 3 heterocycles. The number of fused-ring (bicyclic) bond motifs is 1. The lowest BCUT2D eigenvalue weighted by molar-refractivity contribution is -0.114. The molecule has 144 valence electrons. The predicted molar refractivity (Wildman–Crippen MR) is 117 cm³/mol. The highest BCUT2D eigenvalue weighted by atomic mass is 35.5. The zero-order valence-corrected chi connectivity index (χ0v) is 17.3. The quantitative estimate of drug-likeness (QED) is 0.407. The molecule has 0 bridgehead atoms. The van der Waals surface area contributed by atoms with Crippen LogP contribution in [0.15, 0.2) is 40.5 Å². The fraction of sp³-hybridized carbons (Fsp3) is 0.0500. The first kappa shape index (κ1) is 19.2. The molecule has 6 nitrogen and oxygen atoms in total. The van der Waals surface area contributed by atoms with Crippen LogP contribution in [0.1, 0.15) is 12.5 Å². The number of aromatic amines is 1. The first-order valence-corrected chi connectivity index (χ1v) is 10.4. The van der Waals surface area contributed by atoms with Gasteiger partial charge in [0.2, 0.25) is 5.91 Å². The molecule has 0 radical (unpaired) electrons. The first-order valence-electron chi connectivity index (χ1n) is 8.33. The first-order chi connectivity index (χ1) is 13.9. The molecule has 0 saturated carbocycles. The number of pyridine rings is 1. The third-order valence-electron chi connectivity index (χ3n) is 4.26. The van der Waals surface area contributed by atoms with Crippen LogP contribution in [-0.2, 0) is 4.79 Å². The third-order valence-corrected chi connectivity index (χ3v) is 6.62. The smallest absolute Gasteiger partial charge is 0.270 e. The summed E-state index contributed by atoms with van der Waals surface area (Å²) >= 11 is 9.16. The molecule has 1 aromatic carbocycles. The van der Waals surface area contributed by atoms with Crippen molar-refractivity contribution in [1.29, 1.82) is 5.26 Å². The van der Waals surface area contributed by atoms with Crippen LogP contribution in [0, 0.1) is 11.3 Å². The van der Waals surface area contributed by atoms with E-state index < -0.39 is 5.56 Å². The number of H-pyrrole nitrogens is 1. The Hall–Kier alpha value is -3.12. The van der Waals surface area contributed by atoms with E-state index in [1.165, 1.54) is 29.6 Å². The lowest BCUT2D eigenvalue weighted by Crippen LogP contribution is -2.09. The standard InChI is InChI=1S/C20H12ClN3O3S2/c1-9(25)23-10-2-3-11(14(21)6-10)15-4-5-16(29-15)13-8-28-20-17(13)18(26)12(7-22)19(27)24-20/h2-6,8H,1H3,(H,23,25)(H2,24,26,27). The van der Waals surface area contributed by atoms with Crippen LogP contribution < -0.4 is 10.9 Å². The van der Waals surface area contributed by atoms with Crippen LogP contribution in [0.5, 0.6) is 5.75 Å². The molecule has 3 N–H and O–H groups in total. The number of benzene rings is 1. The molecule has 4 rings (SSSR count). The molecular formula is C20H12ClN3O3S2. The summed E-state index contributed by atoms with van der Waals surface area (Å²) in [6.45, 7) is 1.43. The van der Waals surface area contributed by atoms with Crippen LogP contribution in [-0.4, -0.2) is 16.0 Å². The average molecular weight is 442 g/mol. The number of nitrogens with zero attached hydrogens (tertiary/aromatic N) is 1. The summed E-state index contributed by atoms with van der Waals surface area (Å²) in [6.07, 6.45) is 0. The van der Waals surface area contributed by atoms with E-state index in [1.54, 1.807) is 18.2 Å². The number of halogens is 1. The second-order valence-corrected chi connectivity index (χ2v) is 8.55. The Bertz CT molecular complexity index is 1380. The summed E-state index contributed by atoms with van der Waals surface area (Å²) in [5.41, 5.74) is 1.25. The van der Waals surface area contributed by atoms with Gasteiger partial charge >= 0.3 is 0 Å². The van der Waals surface area contributed by atoms with Crippen molar-refractivity contribution in [3.05, 3.63) is 56.7 Å². The van der Waals surface area contributed by atoms with Crippen LogP contribution in [0.2, 0.25) is 5.02 Å². The minimum Gasteiger partial charge on any atom is -0.506 e. The molecule has 3 aromatic heterocycles. The van der Waals surface area contributed by atoms with E-state index in [-0.39, 0.29) is 17.2 Å². The zero-order chi connectivity index (χ0) is 20.7. The van der Waals surface area contributed by atoms with Crippen LogP contribution in [0.3, 0.4) is 0 Å². The van der Waals surface area contributed by atoms with Gasteiger partial charge in [0, 0.05) is 38.9 Å². The molecule has 9 heteroatoms. The van der Waals surface area contributed by atoms with Gasteiger partial charge in [-0.3, -0.25) is 9.59 Å². The Morgan fingerprint density at radius 3 is 2.62 bits per heavy atom. The van der Waals surface area contributed by atoms with Gasteiger partial charge in [0.1, 0.15) is 16.6 Å². The number of nitrogens with one attached hydrogen (secondary N) is 2. The molecule has 0 atom stereocenters. The molecule has 0 fully saturated rings. The Morgan fingerprint density at radius 2 is 1.97 bits per heavy atom. The SMILES string of the molecule is CC(=O)Nc1ccc(-c2ccc(-c3csc4[nH]c(=O)c(C#N)c(O)c34)s2)c(Cl)c1. The van der Waals surface area contributed by atoms with Gasteiger partial charge in [0.15, 0.2) is 5.56 Å². The number of carbonyl (C=O) groups is 1. The van der Waals surface area contributed by atoms with Crippen molar-refractivity contribution >= 4 is 56.1 Å². The Labute approximate surface area is 177 Å². The average Bonchev–Trinajstić information content (AvgIpc) is 3.28. The van der Waals surface area contributed by atoms with Crippen molar-refractivity contribution in [3.63, 3.8) is 0 Å². The van der Waals surface area contributed by atoms with E-state index in [0.29, 0.717) is 20.9 Å². The Balaban J connectivity index is 1.79. The number of anilines is 1. The van der Waals surface area contributed by atoms with Crippen molar-refractivity contribution < 1.29 is 9.90 Å². The Kier molecular flexibility index (Phi) is 4.88. The summed E-state index contributed by atoms with van der Waals surface area (Å²) in [4.78, 5) is 28.0. The van der Waals surface area contributed by atoms with Crippen molar-refractivity contribution in [2.75, 3.05) is 5.32 Å². The highest BCUT2D eigenvalue weighted by Crippen LogP contribution is 2.44. The number of thiophene rings is 2. The molecule has 0 aliphatic heterocycles. The minimum absolute atomic E-state index is 0.175. The number of aromatic nitrogens is 1. The van der Waals surface area contributed by atoms with E-state index in [9.17, 15) is 14.7 Å². The summed E-state index contributed by atoms with van der Waals surface area (Å²) in [7, 11) is 0. The normalized spacial score (nSPS) is 10.8.